The zero-order valence-corrected chi connectivity index (χ0v) is 20.2. The molecule has 0 unspecified atom stereocenters. The van der Waals surface area contributed by atoms with Crippen molar-refractivity contribution in [3.8, 4) is 0 Å². The van der Waals surface area contributed by atoms with E-state index in [2.05, 4.69) is 0 Å². The topological polar surface area (TPSA) is 86.7 Å². The van der Waals surface area contributed by atoms with E-state index in [1.54, 1.807) is 13.0 Å². The SMILES string of the molecule is CC(=O)O[C@H]1C[C@@]2(C)[C@@H](CC[C@]2(OC(C)=O)C(C)=O)[C@@H]2C[C@H](C)C3=CC(=O)C=C[C@]3(C)[C@@]12F. The van der Waals surface area contributed by atoms with Gasteiger partial charge in [0.25, 0.3) is 0 Å². The van der Waals surface area contributed by atoms with Gasteiger partial charge in [0.15, 0.2) is 22.8 Å². The Labute approximate surface area is 193 Å². The maximum absolute atomic E-state index is 17.7. The van der Waals surface area contributed by atoms with Gasteiger partial charge in [0.2, 0.25) is 0 Å². The van der Waals surface area contributed by atoms with Gasteiger partial charge < -0.3 is 9.47 Å². The summed E-state index contributed by atoms with van der Waals surface area (Å²) in [7, 11) is 0. The van der Waals surface area contributed by atoms with Gasteiger partial charge in [-0.1, -0.05) is 25.5 Å². The monoisotopic (exact) mass is 460 g/mol. The second-order valence-electron chi connectivity index (χ2n) is 10.9. The first-order valence-corrected chi connectivity index (χ1v) is 11.7. The maximum atomic E-state index is 17.7. The molecule has 3 fully saturated rings. The Morgan fingerprint density at radius 1 is 1.09 bits per heavy atom. The second-order valence-corrected chi connectivity index (χ2v) is 10.9. The number of carbonyl (C=O) groups excluding carboxylic acids is 4. The fourth-order valence-electron chi connectivity index (χ4n) is 7.94. The molecular formula is C26H33FO6. The summed E-state index contributed by atoms with van der Waals surface area (Å²) in [5, 5.41) is 0. The van der Waals surface area contributed by atoms with E-state index < -0.39 is 46.1 Å². The van der Waals surface area contributed by atoms with Crippen molar-refractivity contribution in [3.05, 3.63) is 23.8 Å². The third-order valence-corrected chi connectivity index (χ3v) is 9.26. The number of carbonyl (C=O) groups is 4. The molecule has 7 heteroatoms. The molecular weight excluding hydrogens is 427 g/mol. The number of Topliss-reactive ketones (excluding diaryl/α,β-unsaturated/α-hetero) is 1. The van der Waals surface area contributed by atoms with Crippen LogP contribution in [0.4, 0.5) is 4.39 Å². The molecule has 6 nitrogen and oxygen atoms in total. The average molecular weight is 461 g/mol. The predicted octanol–water partition coefficient (Wildman–Crippen LogP) is 4.06. The lowest BCUT2D eigenvalue weighted by Gasteiger charge is -2.64. The van der Waals surface area contributed by atoms with Crippen molar-refractivity contribution in [2.45, 2.75) is 84.6 Å². The smallest absolute Gasteiger partial charge is 0.303 e. The summed E-state index contributed by atoms with van der Waals surface area (Å²) in [6.07, 6.45) is 4.72. The number of ether oxygens (including phenoxy) is 2. The molecule has 180 valence electrons. The van der Waals surface area contributed by atoms with Gasteiger partial charge in [-0.2, -0.15) is 0 Å². The fourth-order valence-corrected chi connectivity index (χ4v) is 7.94. The highest BCUT2D eigenvalue weighted by Crippen LogP contribution is 2.71. The summed E-state index contributed by atoms with van der Waals surface area (Å²) in [6, 6.07) is 0. The van der Waals surface area contributed by atoms with E-state index >= 15 is 4.39 Å². The summed E-state index contributed by atoms with van der Waals surface area (Å²) >= 11 is 0. The number of hydrogen-bond donors (Lipinski definition) is 0. The Balaban J connectivity index is 1.92. The van der Waals surface area contributed by atoms with Gasteiger partial charge in [0.1, 0.15) is 6.10 Å². The van der Waals surface area contributed by atoms with Crippen LogP contribution in [0.2, 0.25) is 0 Å². The molecule has 4 rings (SSSR count). The summed E-state index contributed by atoms with van der Waals surface area (Å²) in [5.41, 5.74) is -4.67. The molecule has 0 spiro atoms. The van der Waals surface area contributed by atoms with E-state index in [-0.39, 0.29) is 29.8 Å². The lowest BCUT2D eigenvalue weighted by molar-refractivity contribution is -0.234. The third-order valence-electron chi connectivity index (χ3n) is 9.26. The molecule has 0 amide bonds. The Kier molecular flexibility index (Phi) is 5.30. The average Bonchev–Trinajstić information content (AvgIpc) is 2.98. The molecule has 0 aromatic carbocycles. The zero-order chi connectivity index (χ0) is 24.6. The Morgan fingerprint density at radius 2 is 1.76 bits per heavy atom. The highest BCUT2D eigenvalue weighted by Gasteiger charge is 2.76. The van der Waals surface area contributed by atoms with E-state index in [1.807, 2.05) is 13.8 Å². The van der Waals surface area contributed by atoms with Crippen LogP contribution in [0.5, 0.6) is 0 Å². The van der Waals surface area contributed by atoms with E-state index in [0.29, 0.717) is 24.8 Å². The van der Waals surface area contributed by atoms with Gasteiger partial charge >= 0.3 is 11.9 Å². The highest BCUT2D eigenvalue weighted by atomic mass is 19.1. The van der Waals surface area contributed by atoms with Crippen LogP contribution in [0, 0.1) is 28.6 Å². The molecule has 4 aliphatic carbocycles. The van der Waals surface area contributed by atoms with E-state index in [0.717, 1.165) is 0 Å². The quantitative estimate of drug-likeness (QED) is 0.590. The summed E-state index contributed by atoms with van der Waals surface area (Å²) < 4.78 is 29.1. The number of ketones is 2. The van der Waals surface area contributed by atoms with Crippen LogP contribution < -0.4 is 0 Å². The molecule has 0 radical (unpaired) electrons. The van der Waals surface area contributed by atoms with Crippen LogP contribution >= 0.6 is 0 Å². The standard InChI is InChI=1S/C26H33FO6/c1-14-11-21-19-8-10-25(15(2)28,33-17(4)30)24(19,6)13-22(32-16(3)29)26(21,27)23(5)9-7-18(31)12-20(14)23/h7,9,12,14,19,21-22H,8,10-11,13H2,1-6H3/t14-,19-,21-,22-,23-,24-,25-,26-/m0/s1. The lowest BCUT2D eigenvalue weighted by atomic mass is 9.43. The third kappa shape index (κ3) is 2.96. The fraction of sp³-hybridized carbons (Fsp3) is 0.692. The van der Waals surface area contributed by atoms with Gasteiger partial charge in [0, 0.05) is 30.6 Å². The van der Waals surface area contributed by atoms with Crippen molar-refractivity contribution < 1.29 is 33.0 Å². The van der Waals surface area contributed by atoms with Crippen molar-refractivity contribution in [2.24, 2.45) is 28.6 Å². The van der Waals surface area contributed by atoms with Gasteiger partial charge in [-0.05, 0) is 63.5 Å². The van der Waals surface area contributed by atoms with Crippen LogP contribution in [0.25, 0.3) is 0 Å². The highest BCUT2D eigenvalue weighted by molar-refractivity contribution is 6.01. The van der Waals surface area contributed by atoms with Gasteiger partial charge in [-0.15, -0.1) is 0 Å². The number of halogens is 1. The van der Waals surface area contributed by atoms with Crippen LogP contribution in [0.15, 0.2) is 23.8 Å². The first-order chi connectivity index (χ1) is 15.2. The van der Waals surface area contributed by atoms with Gasteiger partial charge in [0.05, 0.1) is 0 Å². The minimum absolute atomic E-state index is 0.0517. The minimum Gasteiger partial charge on any atom is -0.459 e. The van der Waals surface area contributed by atoms with Crippen LogP contribution in [-0.2, 0) is 28.7 Å². The molecule has 33 heavy (non-hydrogen) atoms. The maximum Gasteiger partial charge on any atom is 0.303 e. The molecule has 0 saturated heterocycles. The molecule has 0 bridgehead atoms. The summed E-state index contributed by atoms with van der Waals surface area (Å²) in [5.74, 6) is -2.49. The van der Waals surface area contributed by atoms with Crippen molar-refractivity contribution in [1.82, 2.24) is 0 Å². The molecule has 0 aromatic heterocycles. The molecule has 3 saturated carbocycles. The lowest BCUT2D eigenvalue weighted by Crippen LogP contribution is -2.70. The molecule has 8 atom stereocenters. The minimum atomic E-state index is -1.97. The summed E-state index contributed by atoms with van der Waals surface area (Å²) in [4.78, 5) is 49.4. The predicted molar refractivity (Wildman–Crippen MR) is 118 cm³/mol. The Morgan fingerprint density at radius 3 is 2.33 bits per heavy atom. The number of allylic oxidation sites excluding steroid dienone is 4. The largest absolute Gasteiger partial charge is 0.459 e. The molecule has 0 heterocycles. The van der Waals surface area contributed by atoms with E-state index in [9.17, 15) is 19.2 Å². The van der Waals surface area contributed by atoms with Crippen molar-refractivity contribution in [2.75, 3.05) is 0 Å². The Hall–Kier alpha value is -2.31. The second kappa shape index (κ2) is 7.34. The normalized spacial score (nSPS) is 45.9. The van der Waals surface area contributed by atoms with Crippen LogP contribution in [-0.4, -0.2) is 40.9 Å². The van der Waals surface area contributed by atoms with Crippen molar-refractivity contribution in [1.29, 1.82) is 0 Å². The molecule has 0 N–H and O–H groups in total. The Bertz CT molecular complexity index is 999. The van der Waals surface area contributed by atoms with Gasteiger partial charge in [-0.25, -0.2) is 4.39 Å². The van der Waals surface area contributed by atoms with Crippen molar-refractivity contribution >= 4 is 23.5 Å². The van der Waals surface area contributed by atoms with E-state index in [4.69, 9.17) is 9.47 Å². The number of fused-ring (bicyclic) bond motifs is 5. The van der Waals surface area contributed by atoms with Crippen LogP contribution in [0.1, 0.15) is 67.2 Å². The molecule has 0 aliphatic heterocycles. The number of esters is 2. The van der Waals surface area contributed by atoms with E-state index in [1.165, 1.54) is 32.9 Å². The molecule has 4 aliphatic rings. The number of rotatable bonds is 3. The number of hydrogen-bond acceptors (Lipinski definition) is 6. The van der Waals surface area contributed by atoms with Crippen LogP contribution in [0.3, 0.4) is 0 Å². The molecule has 0 aromatic rings. The first kappa shape index (κ1) is 23.8. The zero-order valence-electron chi connectivity index (χ0n) is 20.2. The van der Waals surface area contributed by atoms with Gasteiger partial charge in [-0.3, -0.25) is 19.2 Å². The first-order valence-electron chi connectivity index (χ1n) is 11.7. The summed E-state index contributed by atoms with van der Waals surface area (Å²) in [6.45, 7) is 9.58. The van der Waals surface area contributed by atoms with Crippen molar-refractivity contribution in [3.63, 3.8) is 0 Å². The number of alkyl halides is 1.